The number of unbranched alkanes of at least 4 members (excludes halogenated alkanes) is 6. The van der Waals surface area contributed by atoms with Crippen LogP contribution in [0.25, 0.3) is 0 Å². The van der Waals surface area contributed by atoms with Gasteiger partial charge in [0.05, 0.1) is 0 Å². The van der Waals surface area contributed by atoms with Gasteiger partial charge in [-0.1, -0.05) is 63.6 Å². The van der Waals surface area contributed by atoms with Crippen molar-refractivity contribution in [2.24, 2.45) is 0 Å². The molecule has 0 radical (unpaired) electrons. The van der Waals surface area contributed by atoms with Crippen LogP contribution in [0.15, 0.2) is 24.3 Å². The van der Waals surface area contributed by atoms with Crippen LogP contribution in [0.5, 0.6) is 5.75 Å². The van der Waals surface area contributed by atoms with E-state index in [2.05, 4.69) is 6.92 Å². The molecule has 130 valence electrons. The fraction of sp³-hybridized carbons (Fsp3) is 0.684. The molecule has 3 nitrogen and oxygen atoms in total. The Morgan fingerprint density at radius 2 is 1.36 bits per heavy atom. The molecule has 0 bridgehead atoms. The molecule has 0 amide bonds. The Bertz CT molecular complexity index is 327. The van der Waals surface area contributed by atoms with Gasteiger partial charge in [-0.2, -0.15) is 0 Å². The van der Waals surface area contributed by atoms with Crippen molar-refractivity contribution in [1.29, 1.82) is 0 Å². The highest BCUT2D eigenvalue weighted by atomic mass is 16.5. The predicted octanol–water partition coefficient (Wildman–Crippen LogP) is 5.89. The molecular formula is C19H37NO2. The summed E-state index contributed by atoms with van der Waals surface area (Å²) in [5, 5.41) is 9.58. The Hall–Kier alpha value is -1.06. The molecule has 0 saturated carbocycles. The fourth-order valence-corrected chi connectivity index (χ4v) is 2.20. The number of aryl methyl sites for hydroxylation is 1. The number of aromatic hydroxyl groups is 1. The minimum atomic E-state index is 0. The lowest BCUT2D eigenvalue weighted by Gasteiger charge is -2.04. The van der Waals surface area contributed by atoms with Crippen molar-refractivity contribution in [3.8, 4) is 5.75 Å². The first-order valence-electron chi connectivity index (χ1n) is 8.60. The number of hydrogen-bond acceptors (Lipinski definition) is 3. The second kappa shape index (κ2) is 18.0. The maximum Gasteiger partial charge on any atom is 0.118 e. The Labute approximate surface area is 137 Å². The summed E-state index contributed by atoms with van der Waals surface area (Å²) in [6, 6.07) is 7.67. The van der Waals surface area contributed by atoms with E-state index < -0.39 is 0 Å². The molecule has 4 N–H and O–H groups in total. The second-order valence-electron chi connectivity index (χ2n) is 5.28. The maximum absolute atomic E-state index is 9.58. The Morgan fingerprint density at radius 3 is 1.86 bits per heavy atom. The number of hydrogen-bond donors (Lipinski definition) is 2. The van der Waals surface area contributed by atoms with Gasteiger partial charge in [0, 0.05) is 13.2 Å². The summed E-state index contributed by atoms with van der Waals surface area (Å²) in [6.45, 7) is 7.91. The van der Waals surface area contributed by atoms with E-state index in [1.807, 2.05) is 32.0 Å². The van der Waals surface area contributed by atoms with Gasteiger partial charge in [-0.3, -0.25) is 0 Å². The summed E-state index contributed by atoms with van der Waals surface area (Å²) in [7, 11) is 0. The zero-order chi connectivity index (χ0) is 15.8. The number of ether oxygens (including phenoxy) is 1. The molecule has 0 heterocycles. The summed E-state index contributed by atoms with van der Waals surface area (Å²) in [4.78, 5) is 0. The minimum Gasteiger partial charge on any atom is -0.508 e. The van der Waals surface area contributed by atoms with Gasteiger partial charge >= 0.3 is 0 Å². The van der Waals surface area contributed by atoms with Gasteiger partial charge in [0.1, 0.15) is 5.75 Å². The van der Waals surface area contributed by atoms with Gasteiger partial charge in [0.2, 0.25) is 0 Å². The third kappa shape index (κ3) is 13.9. The monoisotopic (exact) mass is 311 g/mol. The standard InChI is InChI=1S/C15H24O.C4H10O.H3N/c1-2-3-4-5-6-7-8-11-14-12-9-10-13-15(14)16;1-3-5-4-2;/h9-10,12-13,16H,2-8,11H2,1H3;3-4H2,1-2H3;1H3. The minimum absolute atomic E-state index is 0. The topological polar surface area (TPSA) is 64.5 Å². The third-order valence-electron chi connectivity index (χ3n) is 3.45. The van der Waals surface area contributed by atoms with Crippen molar-refractivity contribution >= 4 is 0 Å². The number of para-hydroxylation sites is 1. The van der Waals surface area contributed by atoms with E-state index in [0.717, 1.165) is 25.2 Å². The largest absolute Gasteiger partial charge is 0.508 e. The quantitative estimate of drug-likeness (QED) is 0.529. The second-order valence-corrected chi connectivity index (χ2v) is 5.28. The summed E-state index contributed by atoms with van der Waals surface area (Å²) >= 11 is 0. The third-order valence-corrected chi connectivity index (χ3v) is 3.45. The number of phenols is 1. The molecule has 0 aliphatic rings. The summed E-state index contributed by atoms with van der Waals surface area (Å²) < 4.78 is 4.83. The fourth-order valence-electron chi connectivity index (χ4n) is 2.20. The number of rotatable bonds is 10. The van der Waals surface area contributed by atoms with Gasteiger partial charge in [0.15, 0.2) is 0 Å². The van der Waals surface area contributed by atoms with Crippen LogP contribution < -0.4 is 6.15 Å². The lowest BCUT2D eigenvalue weighted by molar-refractivity contribution is 0.162. The lowest BCUT2D eigenvalue weighted by Crippen LogP contribution is -1.87. The Balaban J connectivity index is 0. The Morgan fingerprint density at radius 1 is 0.818 bits per heavy atom. The van der Waals surface area contributed by atoms with Gasteiger partial charge < -0.3 is 16.0 Å². The smallest absolute Gasteiger partial charge is 0.118 e. The molecule has 3 heteroatoms. The van der Waals surface area contributed by atoms with E-state index in [9.17, 15) is 5.11 Å². The van der Waals surface area contributed by atoms with E-state index >= 15 is 0 Å². The molecule has 0 saturated heterocycles. The first-order valence-corrected chi connectivity index (χ1v) is 8.60. The molecule has 0 fully saturated rings. The highest BCUT2D eigenvalue weighted by Gasteiger charge is 1.98. The molecule has 1 rings (SSSR count). The highest BCUT2D eigenvalue weighted by Crippen LogP contribution is 2.18. The van der Waals surface area contributed by atoms with E-state index in [4.69, 9.17) is 4.74 Å². The van der Waals surface area contributed by atoms with Crippen LogP contribution in [0.4, 0.5) is 0 Å². The molecule has 0 atom stereocenters. The summed E-state index contributed by atoms with van der Waals surface area (Å²) in [6.07, 6.45) is 10.3. The molecule has 0 aliphatic heterocycles. The number of phenolic OH excluding ortho intramolecular Hbond substituents is 1. The van der Waals surface area contributed by atoms with Gasteiger partial charge in [-0.05, 0) is 38.3 Å². The van der Waals surface area contributed by atoms with Crippen molar-refractivity contribution in [2.75, 3.05) is 13.2 Å². The molecule has 0 aliphatic carbocycles. The van der Waals surface area contributed by atoms with Crippen LogP contribution in [-0.2, 0) is 11.2 Å². The number of benzene rings is 1. The van der Waals surface area contributed by atoms with E-state index in [1.54, 1.807) is 6.07 Å². The van der Waals surface area contributed by atoms with Gasteiger partial charge in [-0.15, -0.1) is 0 Å². The zero-order valence-corrected chi connectivity index (χ0v) is 14.9. The van der Waals surface area contributed by atoms with Crippen LogP contribution in [0, 0.1) is 0 Å². The van der Waals surface area contributed by atoms with Crippen molar-refractivity contribution in [3.05, 3.63) is 29.8 Å². The van der Waals surface area contributed by atoms with Gasteiger partial charge in [0.25, 0.3) is 0 Å². The SMILES string of the molecule is CCCCCCCCCc1ccccc1O.CCOCC.N. The van der Waals surface area contributed by atoms with E-state index in [0.29, 0.717) is 5.75 Å². The first kappa shape index (κ1) is 23.2. The zero-order valence-electron chi connectivity index (χ0n) is 14.9. The molecule has 0 spiro atoms. The Kier molecular flexibility index (Phi) is 19.0. The predicted molar refractivity (Wildman–Crippen MR) is 97.0 cm³/mol. The molecule has 1 aromatic carbocycles. The van der Waals surface area contributed by atoms with Crippen molar-refractivity contribution in [3.63, 3.8) is 0 Å². The van der Waals surface area contributed by atoms with Gasteiger partial charge in [-0.25, -0.2) is 0 Å². The molecule has 1 aromatic rings. The van der Waals surface area contributed by atoms with E-state index in [-0.39, 0.29) is 6.15 Å². The maximum atomic E-state index is 9.58. The first-order chi connectivity index (χ1) is 10.3. The highest BCUT2D eigenvalue weighted by molar-refractivity contribution is 5.31. The normalized spacial score (nSPS) is 9.59. The average molecular weight is 312 g/mol. The van der Waals surface area contributed by atoms with Crippen LogP contribution in [0.3, 0.4) is 0 Å². The van der Waals surface area contributed by atoms with E-state index in [1.165, 1.54) is 44.9 Å². The van der Waals surface area contributed by atoms with Crippen LogP contribution >= 0.6 is 0 Å². The molecule has 0 unspecified atom stereocenters. The van der Waals surface area contributed by atoms with Crippen molar-refractivity contribution in [2.45, 2.75) is 72.1 Å². The van der Waals surface area contributed by atoms with Crippen molar-refractivity contribution < 1.29 is 9.84 Å². The van der Waals surface area contributed by atoms with Crippen LogP contribution in [0.2, 0.25) is 0 Å². The van der Waals surface area contributed by atoms with Crippen molar-refractivity contribution in [1.82, 2.24) is 6.15 Å². The summed E-state index contributed by atoms with van der Waals surface area (Å²) in [5.74, 6) is 0.452. The summed E-state index contributed by atoms with van der Waals surface area (Å²) in [5.41, 5.74) is 1.09. The lowest BCUT2D eigenvalue weighted by atomic mass is 10.0. The molecule has 0 aromatic heterocycles. The van der Waals surface area contributed by atoms with Crippen LogP contribution in [0.1, 0.15) is 71.3 Å². The average Bonchev–Trinajstić information content (AvgIpc) is 2.49. The molecule has 22 heavy (non-hydrogen) atoms. The molecular weight excluding hydrogens is 274 g/mol. The van der Waals surface area contributed by atoms with Crippen LogP contribution in [-0.4, -0.2) is 18.3 Å².